The van der Waals surface area contributed by atoms with Crippen LogP contribution >= 0.6 is 0 Å². The molecule has 2 rings (SSSR count). The van der Waals surface area contributed by atoms with Crippen LogP contribution in [0, 0.1) is 6.92 Å². The highest BCUT2D eigenvalue weighted by molar-refractivity contribution is 6.35. The van der Waals surface area contributed by atoms with Gasteiger partial charge in [-0.1, -0.05) is 6.07 Å². The minimum atomic E-state index is -0.638. The van der Waals surface area contributed by atoms with Crippen LogP contribution in [0.3, 0.4) is 0 Å². The molecule has 0 spiro atoms. The third kappa shape index (κ3) is 4.44. The lowest BCUT2D eigenvalue weighted by Crippen LogP contribution is -2.41. The predicted molar refractivity (Wildman–Crippen MR) is 83.0 cm³/mol. The molecule has 2 aromatic heterocycles. The van der Waals surface area contributed by atoms with Gasteiger partial charge in [-0.05, 0) is 38.1 Å². The standard InChI is InChI=1S/C16H20N4O2/c1-11-6-7-14(19-11)12(2)20-16(22)15(21)18-10-8-13-5-3-4-9-17-13/h3-7,9,12,19H,8,10H2,1-2H3,(H,18,21)(H,20,22). The first-order chi connectivity index (χ1) is 10.6. The van der Waals surface area contributed by atoms with Crippen molar-refractivity contribution >= 4 is 11.8 Å². The fourth-order valence-corrected chi connectivity index (χ4v) is 2.05. The number of aromatic nitrogens is 2. The second kappa shape index (κ2) is 7.40. The number of rotatable bonds is 5. The van der Waals surface area contributed by atoms with E-state index in [1.807, 2.05) is 44.2 Å². The van der Waals surface area contributed by atoms with E-state index in [4.69, 9.17) is 0 Å². The van der Waals surface area contributed by atoms with E-state index in [1.54, 1.807) is 6.20 Å². The summed E-state index contributed by atoms with van der Waals surface area (Å²) in [6.45, 7) is 4.13. The van der Waals surface area contributed by atoms with Crippen LogP contribution in [0.1, 0.15) is 30.0 Å². The van der Waals surface area contributed by atoms with Crippen LogP contribution in [0.25, 0.3) is 0 Å². The zero-order valence-corrected chi connectivity index (χ0v) is 12.7. The quantitative estimate of drug-likeness (QED) is 0.726. The second-order valence-electron chi connectivity index (χ2n) is 5.12. The highest BCUT2D eigenvalue weighted by atomic mass is 16.2. The fourth-order valence-electron chi connectivity index (χ4n) is 2.05. The molecule has 0 saturated heterocycles. The van der Waals surface area contributed by atoms with Crippen LogP contribution in [0.2, 0.25) is 0 Å². The summed E-state index contributed by atoms with van der Waals surface area (Å²) in [5.41, 5.74) is 2.75. The van der Waals surface area contributed by atoms with Crippen molar-refractivity contribution in [1.82, 2.24) is 20.6 Å². The van der Waals surface area contributed by atoms with Crippen molar-refractivity contribution in [3.8, 4) is 0 Å². The minimum absolute atomic E-state index is 0.247. The average molecular weight is 300 g/mol. The monoisotopic (exact) mass is 300 g/mol. The van der Waals surface area contributed by atoms with Gasteiger partial charge in [0.25, 0.3) is 0 Å². The molecule has 2 aromatic rings. The number of H-pyrrole nitrogens is 1. The Balaban J connectivity index is 1.76. The van der Waals surface area contributed by atoms with E-state index in [2.05, 4.69) is 20.6 Å². The van der Waals surface area contributed by atoms with Gasteiger partial charge in [0, 0.05) is 36.2 Å². The molecule has 0 bridgehead atoms. The maximum atomic E-state index is 11.8. The van der Waals surface area contributed by atoms with Crippen LogP contribution in [0.4, 0.5) is 0 Å². The van der Waals surface area contributed by atoms with Crippen LogP contribution in [-0.4, -0.2) is 28.3 Å². The Hall–Kier alpha value is -2.63. The van der Waals surface area contributed by atoms with Gasteiger partial charge >= 0.3 is 11.8 Å². The molecule has 2 heterocycles. The van der Waals surface area contributed by atoms with Gasteiger partial charge < -0.3 is 15.6 Å². The highest BCUT2D eigenvalue weighted by Gasteiger charge is 2.17. The zero-order chi connectivity index (χ0) is 15.9. The number of aromatic amines is 1. The largest absolute Gasteiger partial charge is 0.361 e. The third-order valence-corrected chi connectivity index (χ3v) is 3.27. The molecule has 0 aliphatic carbocycles. The van der Waals surface area contributed by atoms with Gasteiger partial charge in [0.1, 0.15) is 0 Å². The van der Waals surface area contributed by atoms with Crippen molar-refractivity contribution in [3.05, 3.63) is 53.6 Å². The fraction of sp³-hybridized carbons (Fsp3) is 0.312. The topological polar surface area (TPSA) is 86.9 Å². The maximum Gasteiger partial charge on any atom is 0.309 e. The number of nitrogens with one attached hydrogen (secondary N) is 3. The minimum Gasteiger partial charge on any atom is -0.361 e. The van der Waals surface area contributed by atoms with E-state index >= 15 is 0 Å². The number of carbonyl (C=O) groups excluding carboxylic acids is 2. The van der Waals surface area contributed by atoms with Gasteiger partial charge in [-0.15, -0.1) is 0 Å². The van der Waals surface area contributed by atoms with Gasteiger partial charge in [-0.2, -0.15) is 0 Å². The van der Waals surface area contributed by atoms with E-state index in [0.29, 0.717) is 13.0 Å². The van der Waals surface area contributed by atoms with Gasteiger partial charge in [0.15, 0.2) is 0 Å². The number of carbonyl (C=O) groups is 2. The van der Waals surface area contributed by atoms with Crippen molar-refractivity contribution in [2.45, 2.75) is 26.3 Å². The molecule has 1 atom stereocenters. The summed E-state index contributed by atoms with van der Waals surface area (Å²) in [6, 6.07) is 9.16. The summed E-state index contributed by atoms with van der Waals surface area (Å²) >= 11 is 0. The number of hydrogen-bond donors (Lipinski definition) is 3. The Morgan fingerprint density at radius 1 is 1.23 bits per heavy atom. The van der Waals surface area contributed by atoms with Crippen molar-refractivity contribution in [1.29, 1.82) is 0 Å². The molecule has 6 heteroatoms. The van der Waals surface area contributed by atoms with Gasteiger partial charge in [-0.3, -0.25) is 14.6 Å². The Kier molecular flexibility index (Phi) is 5.30. The van der Waals surface area contributed by atoms with Crippen molar-refractivity contribution in [2.75, 3.05) is 6.54 Å². The molecule has 0 aromatic carbocycles. The van der Waals surface area contributed by atoms with Gasteiger partial charge in [-0.25, -0.2) is 0 Å². The third-order valence-electron chi connectivity index (χ3n) is 3.27. The predicted octanol–water partition coefficient (Wildman–Crippen LogP) is 1.25. The molecule has 0 fully saturated rings. The van der Waals surface area contributed by atoms with Gasteiger partial charge in [0.05, 0.1) is 6.04 Å². The molecule has 0 radical (unpaired) electrons. The Bertz CT molecular complexity index is 637. The molecule has 22 heavy (non-hydrogen) atoms. The smallest absolute Gasteiger partial charge is 0.309 e. The second-order valence-corrected chi connectivity index (χ2v) is 5.12. The summed E-state index contributed by atoms with van der Waals surface area (Å²) in [6.07, 6.45) is 2.29. The van der Waals surface area contributed by atoms with Crippen LogP contribution < -0.4 is 10.6 Å². The summed E-state index contributed by atoms with van der Waals surface area (Å²) in [7, 11) is 0. The molecule has 0 aliphatic rings. The maximum absolute atomic E-state index is 11.8. The number of hydrogen-bond acceptors (Lipinski definition) is 3. The van der Waals surface area contributed by atoms with Crippen molar-refractivity contribution < 1.29 is 9.59 Å². The Morgan fingerprint density at radius 2 is 2.05 bits per heavy atom. The lowest BCUT2D eigenvalue weighted by Gasteiger charge is -2.12. The lowest BCUT2D eigenvalue weighted by molar-refractivity contribution is -0.139. The number of pyridine rings is 1. The van der Waals surface area contributed by atoms with E-state index in [-0.39, 0.29) is 6.04 Å². The molecule has 3 N–H and O–H groups in total. The van der Waals surface area contributed by atoms with Crippen molar-refractivity contribution in [3.63, 3.8) is 0 Å². The molecular formula is C16H20N4O2. The molecule has 6 nitrogen and oxygen atoms in total. The molecule has 116 valence electrons. The average Bonchev–Trinajstić information content (AvgIpc) is 2.95. The molecule has 0 aliphatic heterocycles. The molecule has 1 unspecified atom stereocenters. The van der Waals surface area contributed by atoms with E-state index < -0.39 is 11.8 Å². The summed E-state index contributed by atoms with van der Waals surface area (Å²) in [5, 5.41) is 5.25. The van der Waals surface area contributed by atoms with E-state index in [0.717, 1.165) is 17.1 Å². The van der Waals surface area contributed by atoms with Crippen LogP contribution in [0.15, 0.2) is 36.5 Å². The first kappa shape index (κ1) is 15.8. The SMILES string of the molecule is Cc1ccc(C(C)NC(=O)C(=O)NCCc2ccccn2)[nH]1. The van der Waals surface area contributed by atoms with E-state index in [9.17, 15) is 9.59 Å². The van der Waals surface area contributed by atoms with E-state index in [1.165, 1.54) is 0 Å². The summed E-state index contributed by atoms with van der Waals surface area (Å²) < 4.78 is 0. The summed E-state index contributed by atoms with van der Waals surface area (Å²) in [4.78, 5) is 30.9. The normalized spacial score (nSPS) is 11.7. The number of amides is 2. The summed E-state index contributed by atoms with van der Waals surface area (Å²) in [5.74, 6) is -1.27. The Labute approximate surface area is 129 Å². The molecular weight excluding hydrogens is 280 g/mol. The van der Waals surface area contributed by atoms with Crippen LogP contribution in [-0.2, 0) is 16.0 Å². The highest BCUT2D eigenvalue weighted by Crippen LogP contribution is 2.10. The van der Waals surface area contributed by atoms with Gasteiger partial charge in [0.2, 0.25) is 0 Å². The number of aryl methyl sites for hydroxylation is 1. The number of nitrogens with zero attached hydrogens (tertiary/aromatic N) is 1. The molecule has 0 saturated carbocycles. The zero-order valence-electron chi connectivity index (χ0n) is 12.7. The Morgan fingerprint density at radius 3 is 2.68 bits per heavy atom. The first-order valence-electron chi connectivity index (χ1n) is 7.20. The van der Waals surface area contributed by atoms with Crippen molar-refractivity contribution in [2.24, 2.45) is 0 Å². The van der Waals surface area contributed by atoms with Crippen LogP contribution in [0.5, 0.6) is 0 Å². The molecule has 2 amide bonds. The first-order valence-corrected chi connectivity index (χ1v) is 7.20. The lowest BCUT2D eigenvalue weighted by atomic mass is 10.2.